The van der Waals surface area contributed by atoms with Gasteiger partial charge in [-0.15, -0.1) is 0 Å². The van der Waals surface area contributed by atoms with Gasteiger partial charge in [-0.1, -0.05) is 26.3 Å². The van der Waals surface area contributed by atoms with Crippen molar-refractivity contribution >= 4 is 0 Å². The van der Waals surface area contributed by atoms with Crippen molar-refractivity contribution in [1.29, 1.82) is 0 Å². The van der Waals surface area contributed by atoms with Gasteiger partial charge in [-0.3, -0.25) is 0 Å². The summed E-state index contributed by atoms with van der Waals surface area (Å²) in [5, 5.41) is 0. The minimum absolute atomic E-state index is 0.146. The molecule has 0 amide bonds. The van der Waals surface area contributed by atoms with Gasteiger partial charge in [0.1, 0.15) is 11.6 Å². The molecule has 2 atom stereocenters. The van der Waals surface area contributed by atoms with Crippen LogP contribution in [0.25, 0.3) is 0 Å². The van der Waals surface area contributed by atoms with Gasteiger partial charge in [-0.25, -0.2) is 4.39 Å². The van der Waals surface area contributed by atoms with Crippen LogP contribution in [0.1, 0.15) is 45.2 Å². The van der Waals surface area contributed by atoms with Crippen LogP contribution < -0.4 is 10.5 Å². The van der Waals surface area contributed by atoms with Crippen LogP contribution >= 0.6 is 0 Å². The second-order valence-corrected chi connectivity index (χ2v) is 4.68. The van der Waals surface area contributed by atoms with E-state index in [0.29, 0.717) is 18.3 Å². The van der Waals surface area contributed by atoms with Crippen LogP contribution in [0.3, 0.4) is 0 Å². The molecule has 3 heteroatoms. The largest absolute Gasteiger partial charge is 0.493 e. The van der Waals surface area contributed by atoms with E-state index >= 15 is 0 Å². The van der Waals surface area contributed by atoms with Crippen molar-refractivity contribution in [2.75, 3.05) is 6.61 Å². The quantitative estimate of drug-likeness (QED) is 0.822. The van der Waals surface area contributed by atoms with Crippen LogP contribution in [0.5, 0.6) is 5.75 Å². The van der Waals surface area contributed by atoms with E-state index in [4.69, 9.17) is 10.5 Å². The van der Waals surface area contributed by atoms with Crippen molar-refractivity contribution in [2.45, 2.75) is 39.7 Å². The third-order valence-electron chi connectivity index (χ3n) is 2.77. The normalized spacial score (nSPS) is 14.4. The molecule has 17 heavy (non-hydrogen) atoms. The van der Waals surface area contributed by atoms with Crippen LogP contribution in [-0.4, -0.2) is 6.61 Å². The number of hydrogen-bond donors (Lipinski definition) is 1. The lowest BCUT2D eigenvalue weighted by molar-refractivity contribution is 0.247. The summed E-state index contributed by atoms with van der Waals surface area (Å²) in [5.74, 6) is 0.764. The van der Waals surface area contributed by atoms with Crippen LogP contribution in [-0.2, 0) is 0 Å². The molecule has 0 spiro atoms. The Kier molecular flexibility index (Phi) is 5.42. The van der Waals surface area contributed by atoms with E-state index in [1.165, 1.54) is 12.1 Å². The average Bonchev–Trinajstić information content (AvgIpc) is 2.26. The number of hydrogen-bond acceptors (Lipinski definition) is 2. The Morgan fingerprint density at radius 3 is 2.65 bits per heavy atom. The Morgan fingerprint density at radius 1 is 1.35 bits per heavy atom. The minimum Gasteiger partial charge on any atom is -0.493 e. The zero-order chi connectivity index (χ0) is 12.8. The van der Waals surface area contributed by atoms with Crippen LogP contribution in [0, 0.1) is 11.7 Å². The first-order valence-electron chi connectivity index (χ1n) is 6.22. The molecule has 0 bridgehead atoms. The van der Waals surface area contributed by atoms with E-state index in [9.17, 15) is 4.39 Å². The molecule has 1 unspecified atom stereocenters. The SMILES string of the molecule is CCCC(C)COc1cc(F)ccc1[C@H](C)N. The van der Waals surface area contributed by atoms with E-state index in [1.54, 1.807) is 6.07 Å². The highest BCUT2D eigenvalue weighted by Crippen LogP contribution is 2.25. The molecule has 96 valence electrons. The zero-order valence-electron chi connectivity index (χ0n) is 10.9. The minimum atomic E-state index is -0.285. The van der Waals surface area contributed by atoms with E-state index in [-0.39, 0.29) is 11.9 Å². The van der Waals surface area contributed by atoms with Gasteiger partial charge >= 0.3 is 0 Å². The van der Waals surface area contributed by atoms with E-state index in [1.807, 2.05) is 6.92 Å². The fraction of sp³-hybridized carbons (Fsp3) is 0.571. The molecule has 0 aliphatic heterocycles. The topological polar surface area (TPSA) is 35.2 Å². The number of nitrogens with two attached hydrogens (primary N) is 1. The summed E-state index contributed by atoms with van der Waals surface area (Å²) in [6, 6.07) is 4.38. The third-order valence-corrected chi connectivity index (χ3v) is 2.77. The maximum absolute atomic E-state index is 13.2. The number of benzene rings is 1. The first-order chi connectivity index (χ1) is 8.04. The lowest BCUT2D eigenvalue weighted by atomic mass is 10.1. The zero-order valence-corrected chi connectivity index (χ0v) is 10.9. The lowest BCUT2D eigenvalue weighted by Crippen LogP contribution is -2.12. The molecule has 1 aromatic carbocycles. The summed E-state index contributed by atoms with van der Waals surface area (Å²) in [4.78, 5) is 0. The Labute approximate surface area is 103 Å². The number of halogens is 1. The van der Waals surface area contributed by atoms with Crippen molar-refractivity contribution in [1.82, 2.24) is 0 Å². The highest BCUT2D eigenvalue weighted by molar-refractivity contribution is 5.36. The second-order valence-electron chi connectivity index (χ2n) is 4.68. The van der Waals surface area contributed by atoms with Gasteiger partial charge in [0, 0.05) is 17.7 Å². The predicted octanol–water partition coefficient (Wildman–Crippen LogP) is 3.66. The molecule has 0 aliphatic rings. The van der Waals surface area contributed by atoms with Crippen LogP contribution in [0.2, 0.25) is 0 Å². The van der Waals surface area contributed by atoms with Crippen molar-refractivity contribution in [3.63, 3.8) is 0 Å². The third kappa shape index (κ3) is 4.35. The number of rotatable bonds is 6. The molecule has 0 fully saturated rings. The van der Waals surface area contributed by atoms with Crippen molar-refractivity contribution < 1.29 is 9.13 Å². The van der Waals surface area contributed by atoms with Gasteiger partial charge in [-0.05, 0) is 25.3 Å². The van der Waals surface area contributed by atoms with E-state index < -0.39 is 0 Å². The molecule has 0 aromatic heterocycles. The van der Waals surface area contributed by atoms with E-state index in [2.05, 4.69) is 13.8 Å². The molecule has 0 saturated carbocycles. The molecule has 0 heterocycles. The van der Waals surface area contributed by atoms with Crippen molar-refractivity contribution in [3.8, 4) is 5.75 Å². The Balaban J connectivity index is 2.71. The van der Waals surface area contributed by atoms with Crippen molar-refractivity contribution in [2.24, 2.45) is 11.7 Å². The molecular weight excluding hydrogens is 217 g/mol. The van der Waals surface area contributed by atoms with Gasteiger partial charge in [-0.2, -0.15) is 0 Å². The smallest absolute Gasteiger partial charge is 0.126 e. The molecule has 2 nitrogen and oxygen atoms in total. The van der Waals surface area contributed by atoms with Gasteiger partial charge < -0.3 is 10.5 Å². The maximum atomic E-state index is 13.2. The van der Waals surface area contributed by atoms with Gasteiger partial charge in [0.05, 0.1) is 6.61 Å². The first kappa shape index (κ1) is 14.0. The molecular formula is C14H22FNO. The fourth-order valence-corrected chi connectivity index (χ4v) is 1.82. The fourth-order valence-electron chi connectivity index (χ4n) is 1.82. The van der Waals surface area contributed by atoms with Crippen LogP contribution in [0.15, 0.2) is 18.2 Å². The van der Waals surface area contributed by atoms with Gasteiger partial charge in [0.15, 0.2) is 0 Å². The second kappa shape index (κ2) is 6.60. The Bertz CT molecular complexity index is 352. The lowest BCUT2D eigenvalue weighted by Gasteiger charge is -2.16. The Hall–Kier alpha value is -1.09. The van der Waals surface area contributed by atoms with E-state index in [0.717, 1.165) is 18.4 Å². The summed E-state index contributed by atoms with van der Waals surface area (Å²) < 4.78 is 18.8. The summed E-state index contributed by atoms with van der Waals surface area (Å²) in [6.45, 7) is 6.76. The standard InChI is InChI=1S/C14H22FNO/c1-4-5-10(2)9-17-14-8-12(15)6-7-13(14)11(3)16/h6-8,10-11H,4-5,9,16H2,1-3H3/t10?,11-/m0/s1. The molecule has 0 aliphatic carbocycles. The molecule has 0 saturated heterocycles. The average molecular weight is 239 g/mol. The van der Waals surface area contributed by atoms with Gasteiger partial charge in [0.2, 0.25) is 0 Å². The summed E-state index contributed by atoms with van der Waals surface area (Å²) in [7, 11) is 0. The number of ether oxygens (including phenoxy) is 1. The Morgan fingerprint density at radius 2 is 2.06 bits per heavy atom. The highest BCUT2D eigenvalue weighted by Gasteiger charge is 2.10. The summed E-state index contributed by atoms with van der Waals surface area (Å²) in [6.07, 6.45) is 2.25. The summed E-state index contributed by atoms with van der Waals surface area (Å²) >= 11 is 0. The maximum Gasteiger partial charge on any atom is 0.126 e. The highest BCUT2D eigenvalue weighted by atomic mass is 19.1. The first-order valence-corrected chi connectivity index (χ1v) is 6.22. The molecule has 1 aromatic rings. The molecule has 1 rings (SSSR count). The van der Waals surface area contributed by atoms with Gasteiger partial charge in [0.25, 0.3) is 0 Å². The monoisotopic (exact) mass is 239 g/mol. The van der Waals surface area contributed by atoms with Crippen molar-refractivity contribution in [3.05, 3.63) is 29.6 Å². The predicted molar refractivity (Wildman–Crippen MR) is 68.6 cm³/mol. The van der Waals surface area contributed by atoms with Crippen LogP contribution in [0.4, 0.5) is 4.39 Å². The molecule has 2 N–H and O–H groups in total. The summed E-state index contributed by atoms with van der Waals surface area (Å²) in [5.41, 5.74) is 6.68. The molecule has 0 radical (unpaired) electrons.